The van der Waals surface area contributed by atoms with Crippen LogP contribution in [0.5, 0.6) is 11.5 Å². The van der Waals surface area contributed by atoms with E-state index in [0.717, 1.165) is 47.8 Å². The molecule has 4 rings (SSSR count). The van der Waals surface area contributed by atoms with Gasteiger partial charge in [-0.15, -0.1) is 0 Å². The molecule has 34 heavy (non-hydrogen) atoms. The average Bonchev–Trinajstić information content (AvgIpc) is 2.79. The summed E-state index contributed by atoms with van der Waals surface area (Å²) in [5.41, 5.74) is 7.44. The Balaban J connectivity index is 1.52. The number of piperidine rings is 1. The Morgan fingerprint density at radius 1 is 1.06 bits per heavy atom. The van der Waals surface area contributed by atoms with E-state index in [-0.39, 0.29) is 6.04 Å². The van der Waals surface area contributed by atoms with Crippen molar-refractivity contribution in [1.82, 2.24) is 15.3 Å². The molecule has 1 aliphatic heterocycles. The summed E-state index contributed by atoms with van der Waals surface area (Å²) in [6, 6.07) is 17.3. The van der Waals surface area contributed by atoms with Crippen LogP contribution in [0.1, 0.15) is 33.6 Å². The lowest BCUT2D eigenvalue weighted by Gasteiger charge is -2.35. The maximum absolute atomic E-state index is 12.3. The van der Waals surface area contributed by atoms with Crippen LogP contribution in [0.2, 0.25) is 0 Å². The second kappa shape index (κ2) is 9.99. The topological polar surface area (TPSA) is 103 Å². The Kier molecular flexibility index (Phi) is 6.86. The number of aromatic nitrogens is 2. The van der Waals surface area contributed by atoms with Crippen LogP contribution < -0.4 is 20.7 Å². The van der Waals surface area contributed by atoms with Gasteiger partial charge in [-0.25, -0.2) is 14.8 Å². The zero-order valence-electron chi connectivity index (χ0n) is 19.8. The fourth-order valence-corrected chi connectivity index (χ4v) is 3.98. The van der Waals surface area contributed by atoms with Crippen LogP contribution in [0.25, 0.3) is 11.1 Å². The maximum atomic E-state index is 12.3. The minimum absolute atomic E-state index is 0.0470. The normalized spacial score (nSPS) is 16.1. The Morgan fingerprint density at radius 2 is 1.76 bits per heavy atom. The molecule has 1 fully saturated rings. The number of hydrogen-bond acceptors (Lipinski definition) is 7. The van der Waals surface area contributed by atoms with Crippen molar-refractivity contribution >= 4 is 17.7 Å². The summed E-state index contributed by atoms with van der Waals surface area (Å²) in [4.78, 5) is 23.2. The number of para-hydroxylation sites is 1. The lowest BCUT2D eigenvalue weighted by molar-refractivity contribution is 0.0500. The number of hydrogen-bond donors (Lipinski definition) is 2. The Bertz CT molecular complexity index is 1110. The van der Waals surface area contributed by atoms with Crippen LogP contribution in [-0.2, 0) is 4.74 Å². The lowest BCUT2D eigenvalue weighted by atomic mass is 10.0. The number of nitrogens with one attached hydrogen (secondary N) is 1. The van der Waals surface area contributed by atoms with E-state index in [2.05, 4.69) is 20.2 Å². The molecule has 0 saturated carbocycles. The van der Waals surface area contributed by atoms with Crippen molar-refractivity contribution in [1.29, 1.82) is 0 Å². The van der Waals surface area contributed by atoms with Gasteiger partial charge in [-0.2, -0.15) is 0 Å². The molecule has 1 amide bonds. The highest BCUT2D eigenvalue weighted by molar-refractivity contribution is 5.84. The molecule has 1 atom stereocenters. The van der Waals surface area contributed by atoms with E-state index in [0.29, 0.717) is 12.4 Å². The first kappa shape index (κ1) is 23.4. The van der Waals surface area contributed by atoms with Crippen LogP contribution in [0.4, 0.5) is 16.4 Å². The Hall–Kier alpha value is -3.81. The van der Waals surface area contributed by atoms with Gasteiger partial charge < -0.3 is 25.4 Å². The molecule has 1 unspecified atom stereocenters. The van der Waals surface area contributed by atoms with Crippen molar-refractivity contribution in [2.45, 2.75) is 45.3 Å². The van der Waals surface area contributed by atoms with Gasteiger partial charge in [-0.1, -0.05) is 30.3 Å². The first-order valence-corrected chi connectivity index (χ1v) is 11.5. The van der Waals surface area contributed by atoms with Gasteiger partial charge in [-0.05, 0) is 63.4 Å². The number of amides is 1. The summed E-state index contributed by atoms with van der Waals surface area (Å²) in [6.45, 7) is 6.98. The van der Waals surface area contributed by atoms with E-state index < -0.39 is 11.7 Å². The van der Waals surface area contributed by atoms with Gasteiger partial charge in [0.05, 0.1) is 5.56 Å². The minimum atomic E-state index is -0.539. The van der Waals surface area contributed by atoms with E-state index in [1.165, 1.54) is 6.33 Å². The quantitative estimate of drug-likeness (QED) is 0.550. The molecule has 0 bridgehead atoms. The van der Waals surface area contributed by atoms with E-state index in [1.54, 1.807) is 0 Å². The summed E-state index contributed by atoms with van der Waals surface area (Å²) in [6.07, 6.45) is 2.85. The zero-order valence-corrected chi connectivity index (χ0v) is 19.8. The molecule has 3 N–H and O–H groups in total. The number of benzene rings is 2. The highest BCUT2D eigenvalue weighted by Crippen LogP contribution is 2.35. The molecular formula is C26H31N5O3. The lowest BCUT2D eigenvalue weighted by Crippen LogP contribution is -2.49. The fraction of sp³-hybridized carbons (Fsp3) is 0.346. The predicted octanol–water partition coefficient (Wildman–Crippen LogP) is 5.01. The monoisotopic (exact) mass is 461 g/mol. The third-order valence-electron chi connectivity index (χ3n) is 5.42. The van der Waals surface area contributed by atoms with Crippen LogP contribution in [0.15, 0.2) is 60.9 Å². The molecule has 8 heteroatoms. The van der Waals surface area contributed by atoms with Crippen molar-refractivity contribution in [3.63, 3.8) is 0 Å². The van der Waals surface area contributed by atoms with Crippen LogP contribution in [0.3, 0.4) is 0 Å². The SMILES string of the molecule is CC(C)(C)OC(=O)NC1CCCN(c2ncnc(N)c2-c2ccc(Oc3ccccc3)cc2)C1. The predicted molar refractivity (Wildman–Crippen MR) is 133 cm³/mol. The molecule has 8 nitrogen and oxygen atoms in total. The number of nitrogens with zero attached hydrogens (tertiary/aromatic N) is 3. The molecule has 1 aliphatic rings. The van der Waals surface area contributed by atoms with Gasteiger partial charge in [0.15, 0.2) is 0 Å². The number of carbonyl (C=O) groups is 1. The van der Waals surface area contributed by atoms with E-state index in [4.69, 9.17) is 15.2 Å². The van der Waals surface area contributed by atoms with Crippen LogP contribution in [0, 0.1) is 0 Å². The third kappa shape index (κ3) is 5.95. The summed E-state index contributed by atoms with van der Waals surface area (Å²) in [5, 5.41) is 2.99. The average molecular weight is 462 g/mol. The largest absolute Gasteiger partial charge is 0.457 e. The number of carbonyl (C=O) groups excluding carboxylic acids is 1. The molecule has 178 valence electrons. The van der Waals surface area contributed by atoms with Gasteiger partial charge in [0.25, 0.3) is 0 Å². The first-order chi connectivity index (χ1) is 16.3. The van der Waals surface area contributed by atoms with Crippen molar-refractivity contribution in [2.75, 3.05) is 23.7 Å². The Morgan fingerprint density at radius 3 is 2.47 bits per heavy atom. The second-order valence-electron chi connectivity index (χ2n) is 9.33. The number of ether oxygens (including phenoxy) is 2. The Labute approximate surface area is 200 Å². The second-order valence-corrected chi connectivity index (χ2v) is 9.33. The van der Waals surface area contributed by atoms with Crippen LogP contribution in [-0.4, -0.2) is 40.8 Å². The van der Waals surface area contributed by atoms with Crippen LogP contribution >= 0.6 is 0 Å². The maximum Gasteiger partial charge on any atom is 0.407 e. The van der Waals surface area contributed by atoms with Gasteiger partial charge >= 0.3 is 6.09 Å². The number of nitrogen functional groups attached to an aromatic ring is 1. The molecule has 1 saturated heterocycles. The molecule has 0 aliphatic carbocycles. The molecule has 2 heterocycles. The zero-order chi connectivity index (χ0) is 24.1. The summed E-state index contributed by atoms with van der Waals surface area (Å²) in [5.74, 6) is 2.66. The van der Waals surface area contributed by atoms with E-state index in [9.17, 15) is 4.79 Å². The standard InChI is InChI=1S/C26H31N5O3/c1-26(2,3)34-25(32)30-19-8-7-15-31(16-19)24-22(23(27)28-17-29-24)18-11-13-21(14-12-18)33-20-9-5-4-6-10-20/h4-6,9-14,17,19H,7-8,15-16H2,1-3H3,(H,30,32)(H2,27,28,29). The van der Waals surface area contributed by atoms with Crippen molar-refractivity contribution < 1.29 is 14.3 Å². The molecule has 0 spiro atoms. The number of rotatable bonds is 5. The van der Waals surface area contributed by atoms with E-state index in [1.807, 2.05) is 75.4 Å². The minimum Gasteiger partial charge on any atom is -0.457 e. The van der Waals surface area contributed by atoms with E-state index >= 15 is 0 Å². The molecule has 3 aromatic rings. The van der Waals surface area contributed by atoms with Crippen molar-refractivity contribution in [3.8, 4) is 22.6 Å². The van der Waals surface area contributed by atoms with Gasteiger partial charge in [0, 0.05) is 19.1 Å². The third-order valence-corrected chi connectivity index (χ3v) is 5.42. The molecular weight excluding hydrogens is 430 g/mol. The fourth-order valence-electron chi connectivity index (χ4n) is 3.98. The highest BCUT2D eigenvalue weighted by Gasteiger charge is 2.27. The number of anilines is 2. The summed E-state index contributed by atoms with van der Waals surface area (Å²) in [7, 11) is 0. The summed E-state index contributed by atoms with van der Waals surface area (Å²) < 4.78 is 11.3. The van der Waals surface area contributed by atoms with Crippen molar-refractivity contribution in [2.24, 2.45) is 0 Å². The molecule has 2 aromatic carbocycles. The molecule has 1 aromatic heterocycles. The van der Waals surface area contributed by atoms with Gasteiger partial charge in [-0.3, -0.25) is 0 Å². The molecule has 0 radical (unpaired) electrons. The smallest absolute Gasteiger partial charge is 0.407 e. The first-order valence-electron chi connectivity index (χ1n) is 11.5. The number of nitrogens with two attached hydrogens (primary N) is 1. The van der Waals surface area contributed by atoms with Gasteiger partial charge in [0.1, 0.15) is 35.1 Å². The highest BCUT2D eigenvalue weighted by atomic mass is 16.6. The van der Waals surface area contributed by atoms with Crippen molar-refractivity contribution in [3.05, 3.63) is 60.9 Å². The number of alkyl carbamates (subject to hydrolysis) is 1. The summed E-state index contributed by atoms with van der Waals surface area (Å²) >= 11 is 0. The van der Waals surface area contributed by atoms with Gasteiger partial charge in [0.2, 0.25) is 0 Å².